The van der Waals surface area contributed by atoms with Crippen molar-refractivity contribution in [2.24, 2.45) is 5.73 Å². The fourth-order valence-corrected chi connectivity index (χ4v) is 3.24. The van der Waals surface area contributed by atoms with E-state index in [1.165, 1.54) is 0 Å². The van der Waals surface area contributed by atoms with E-state index in [4.69, 9.17) is 10.8 Å². The van der Waals surface area contributed by atoms with Gasteiger partial charge in [-0.05, 0) is 24.3 Å². The average Bonchev–Trinajstić information content (AvgIpc) is 2.72. The van der Waals surface area contributed by atoms with Crippen molar-refractivity contribution in [2.45, 2.75) is 17.7 Å². The van der Waals surface area contributed by atoms with Crippen molar-refractivity contribution in [3.63, 3.8) is 0 Å². The minimum atomic E-state index is -1.12. The summed E-state index contributed by atoms with van der Waals surface area (Å²) in [6.45, 7) is 0. The molecule has 0 saturated carbocycles. The molecule has 1 fully saturated rings. The van der Waals surface area contributed by atoms with Gasteiger partial charge in [-0.1, -0.05) is 15.9 Å². The minimum Gasteiger partial charge on any atom is -0.480 e. The molecule has 0 spiro atoms. The molecule has 21 heavy (non-hydrogen) atoms. The molecule has 0 unspecified atom stereocenters. The number of hydrogen-bond donors (Lipinski definition) is 2. The van der Waals surface area contributed by atoms with Gasteiger partial charge < -0.3 is 10.8 Å². The first-order valence-corrected chi connectivity index (χ1v) is 7.96. The van der Waals surface area contributed by atoms with Crippen molar-refractivity contribution in [2.75, 3.05) is 10.7 Å². The summed E-state index contributed by atoms with van der Waals surface area (Å²) in [4.78, 5) is 36.1. The molecule has 1 aromatic carbocycles. The van der Waals surface area contributed by atoms with Gasteiger partial charge in [0.2, 0.25) is 11.8 Å². The van der Waals surface area contributed by atoms with E-state index in [1.807, 2.05) is 0 Å². The first-order chi connectivity index (χ1) is 9.90. The highest BCUT2D eigenvalue weighted by molar-refractivity contribution is 9.10. The Kier molecular flexibility index (Phi) is 5.02. The van der Waals surface area contributed by atoms with Gasteiger partial charge in [0.1, 0.15) is 6.04 Å². The molecule has 1 heterocycles. The van der Waals surface area contributed by atoms with E-state index < -0.39 is 17.3 Å². The van der Waals surface area contributed by atoms with Crippen LogP contribution in [0.3, 0.4) is 0 Å². The maximum atomic E-state index is 12.3. The summed E-state index contributed by atoms with van der Waals surface area (Å²) in [6, 6.07) is 5.80. The monoisotopic (exact) mass is 372 g/mol. The van der Waals surface area contributed by atoms with Gasteiger partial charge in [-0.2, -0.15) is 0 Å². The molecule has 1 saturated heterocycles. The smallest absolute Gasteiger partial charge is 0.321 e. The maximum absolute atomic E-state index is 12.3. The van der Waals surface area contributed by atoms with E-state index >= 15 is 0 Å². The second-order valence-corrected chi connectivity index (χ2v) is 6.67. The normalized spacial score (nSPS) is 19.9. The van der Waals surface area contributed by atoms with Crippen LogP contribution in [0, 0.1) is 0 Å². The molecule has 1 aromatic rings. The number of rotatable bonds is 5. The van der Waals surface area contributed by atoms with Crippen LogP contribution in [0.15, 0.2) is 28.7 Å². The zero-order chi connectivity index (χ0) is 15.6. The van der Waals surface area contributed by atoms with E-state index in [9.17, 15) is 14.4 Å². The Bertz CT molecular complexity index is 578. The molecule has 1 aliphatic heterocycles. The van der Waals surface area contributed by atoms with Crippen LogP contribution in [0.4, 0.5) is 5.69 Å². The lowest BCUT2D eigenvalue weighted by Crippen LogP contribution is -2.35. The van der Waals surface area contributed by atoms with Crippen molar-refractivity contribution < 1.29 is 19.5 Å². The van der Waals surface area contributed by atoms with Gasteiger partial charge >= 0.3 is 5.97 Å². The Balaban J connectivity index is 2.06. The summed E-state index contributed by atoms with van der Waals surface area (Å²) in [5, 5.41) is 8.15. The summed E-state index contributed by atoms with van der Waals surface area (Å²) >= 11 is 4.40. The largest absolute Gasteiger partial charge is 0.480 e. The second kappa shape index (κ2) is 6.59. The molecule has 112 valence electrons. The highest BCUT2D eigenvalue weighted by Gasteiger charge is 2.40. The van der Waals surface area contributed by atoms with Gasteiger partial charge in [0.05, 0.1) is 10.9 Å². The molecule has 0 aromatic heterocycles. The Morgan fingerprint density at radius 1 is 1.43 bits per heavy atom. The van der Waals surface area contributed by atoms with Gasteiger partial charge in [0.15, 0.2) is 0 Å². The lowest BCUT2D eigenvalue weighted by molar-refractivity contribution is -0.138. The van der Waals surface area contributed by atoms with Crippen LogP contribution in [0.25, 0.3) is 0 Å². The number of imide groups is 1. The standard InChI is InChI=1S/C13H13BrN2O4S/c14-7-1-3-8(4-2-7)16-11(17)5-10(12(16)18)21-6-9(15)13(19)20/h1-4,9-10H,5-6,15H2,(H,19,20)/t9-,10-/m0/s1. The van der Waals surface area contributed by atoms with Gasteiger partial charge in [0.25, 0.3) is 0 Å². The van der Waals surface area contributed by atoms with E-state index in [0.717, 1.165) is 21.1 Å². The molecule has 6 nitrogen and oxygen atoms in total. The van der Waals surface area contributed by atoms with Gasteiger partial charge in [-0.15, -0.1) is 11.8 Å². The number of carbonyl (C=O) groups excluding carboxylic acids is 2. The van der Waals surface area contributed by atoms with Crippen LogP contribution in [-0.2, 0) is 14.4 Å². The molecular weight excluding hydrogens is 360 g/mol. The van der Waals surface area contributed by atoms with Crippen molar-refractivity contribution in [3.8, 4) is 0 Å². The molecule has 3 N–H and O–H groups in total. The minimum absolute atomic E-state index is 0.0614. The number of benzene rings is 1. The van der Waals surface area contributed by atoms with Crippen LogP contribution >= 0.6 is 27.7 Å². The molecule has 0 radical (unpaired) electrons. The van der Waals surface area contributed by atoms with Crippen molar-refractivity contribution >= 4 is 51.2 Å². The van der Waals surface area contributed by atoms with E-state index in [2.05, 4.69) is 15.9 Å². The summed E-state index contributed by atoms with van der Waals surface area (Å²) in [5.41, 5.74) is 5.91. The predicted molar refractivity (Wildman–Crippen MR) is 83.1 cm³/mol. The second-order valence-electron chi connectivity index (χ2n) is 4.51. The van der Waals surface area contributed by atoms with Crippen LogP contribution in [-0.4, -0.2) is 39.9 Å². The Morgan fingerprint density at radius 3 is 2.62 bits per heavy atom. The number of carbonyl (C=O) groups is 3. The van der Waals surface area contributed by atoms with Gasteiger partial charge in [-0.3, -0.25) is 14.4 Å². The number of anilines is 1. The number of halogens is 1. The summed E-state index contributed by atoms with van der Waals surface area (Å²) in [6.07, 6.45) is 0.0614. The number of nitrogens with two attached hydrogens (primary N) is 1. The third-order valence-electron chi connectivity index (χ3n) is 2.98. The number of amides is 2. The Hall–Kier alpha value is -1.38. The molecular formula is C13H13BrN2O4S. The zero-order valence-corrected chi connectivity index (χ0v) is 13.3. The van der Waals surface area contributed by atoms with Crippen molar-refractivity contribution in [1.82, 2.24) is 0 Å². The zero-order valence-electron chi connectivity index (χ0n) is 10.9. The van der Waals surface area contributed by atoms with Gasteiger partial charge in [0, 0.05) is 16.6 Å². The quantitative estimate of drug-likeness (QED) is 0.753. The fourth-order valence-electron chi connectivity index (χ4n) is 1.89. The summed E-state index contributed by atoms with van der Waals surface area (Å²) in [7, 11) is 0. The number of nitrogens with zero attached hydrogens (tertiary/aromatic N) is 1. The molecule has 2 amide bonds. The fraction of sp³-hybridized carbons (Fsp3) is 0.308. The van der Waals surface area contributed by atoms with Crippen LogP contribution in [0.2, 0.25) is 0 Å². The Labute approximate surface area is 133 Å². The van der Waals surface area contributed by atoms with Crippen molar-refractivity contribution in [1.29, 1.82) is 0 Å². The first kappa shape index (κ1) is 16.0. The summed E-state index contributed by atoms with van der Waals surface area (Å²) < 4.78 is 0.851. The number of carboxylic acid groups (broad SMARTS) is 1. The molecule has 1 aliphatic rings. The van der Waals surface area contributed by atoms with Gasteiger partial charge in [-0.25, -0.2) is 4.90 Å². The molecule has 8 heteroatoms. The highest BCUT2D eigenvalue weighted by Crippen LogP contribution is 2.30. The molecule has 0 bridgehead atoms. The number of thioether (sulfide) groups is 1. The Morgan fingerprint density at radius 2 is 2.05 bits per heavy atom. The van der Waals surface area contributed by atoms with E-state index in [1.54, 1.807) is 24.3 Å². The van der Waals surface area contributed by atoms with Crippen LogP contribution in [0.5, 0.6) is 0 Å². The third-order valence-corrected chi connectivity index (χ3v) is 4.84. The number of aliphatic carboxylic acids is 1. The molecule has 0 aliphatic carbocycles. The maximum Gasteiger partial charge on any atom is 0.321 e. The molecule has 2 rings (SSSR count). The highest BCUT2D eigenvalue weighted by atomic mass is 79.9. The third kappa shape index (κ3) is 3.63. The number of hydrogen-bond acceptors (Lipinski definition) is 5. The SMILES string of the molecule is N[C@@H](CS[C@H]1CC(=O)N(c2ccc(Br)cc2)C1=O)C(=O)O. The topological polar surface area (TPSA) is 101 Å². The average molecular weight is 373 g/mol. The van der Waals surface area contributed by atoms with E-state index in [-0.39, 0.29) is 24.0 Å². The lowest BCUT2D eigenvalue weighted by atomic mass is 10.3. The van der Waals surface area contributed by atoms with Crippen LogP contribution < -0.4 is 10.6 Å². The lowest BCUT2D eigenvalue weighted by Gasteiger charge is -2.15. The van der Waals surface area contributed by atoms with Crippen molar-refractivity contribution in [3.05, 3.63) is 28.7 Å². The van der Waals surface area contributed by atoms with E-state index in [0.29, 0.717) is 5.69 Å². The predicted octanol–water partition coefficient (Wildman–Crippen LogP) is 1.23. The molecule has 2 atom stereocenters. The number of carboxylic acids is 1. The summed E-state index contributed by atoms with van der Waals surface area (Å²) in [5.74, 6) is -1.65. The van der Waals surface area contributed by atoms with Crippen LogP contribution in [0.1, 0.15) is 6.42 Å². The first-order valence-electron chi connectivity index (χ1n) is 6.12.